The second-order valence-electron chi connectivity index (χ2n) is 8.66. The summed E-state index contributed by atoms with van der Waals surface area (Å²) in [6.07, 6.45) is 1.31. The first-order chi connectivity index (χ1) is 14.7. The summed E-state index contributed by atoms with van der Waals surface area (Å²) in [5, 5.41) is 4.03. The lowest BCUT2D eigenvalue weighted by molar-refractivity contribution is -0.142. The van der Waals surface area contributed by atoms with Gasteiger partial charge in [-0.05, 0) is 65.2 Å². The van der Waals surface area contributed by atoms with Crippen LogP contribution in [0.4, 0.5) is 13.2 Å². The molecular weight excluding hydrogens is 477 g/mol. The molecule has 0 bridgehead atoms. The first-order valence-electron chi connectivity index (χ1n) is 10.6. The van der Waals surface area contributed by atoms with Crippen LogP contribution >= 0.6 is 15.9 Å². The zero-order valence-electron chi connectivity index (χ0n) is 16.8. The number of hydrogen-bond acceptors (Lipinski definition) is 3. The molecule has 0 radical (unpaired) electrons. The highest BCUT2D eigenvalue weighted by molar-refractivity contribution is 9.10. The molecule has 166 valence electrons. The highest BCUT2D eigenvalue weighted by atomic mass is 79.9. The lowest BCUT2D eigenvalue weighted by atomic mass is 10.1. The molecule has 0 N–H and O–H groups in total. The number of hydrogen-bond donors (Lipinski definition) is 0. The summed E-state index contributed by atoms with van der Waals surface area (Å²) < 4.78 is 42.1. The molecule has 3 fully saturated rings. The Morgan fingerprint density at radius 3 is 2.42 bits per heavy atom. The zero-order valence-corrected chi connectivity index (χ0v) is 18.4. The maximum absolute atomic E-state index is 13.7. The van der Waals surface area contributed by atoms with Crippen LogP contribution in [0.1, 0.15) is 66.2 Å². The zero-order chi connectivity index (χ0) is 21.9. The van der Waals surface area contributed by atoms with E-state index in [1.165, 1.54) is 4.90 Å². The molecular formula is C21H22BrF3N4O2. The van der Waals surface area contributed by atoms with Crippen LogP contribution in [0, 0.1) is 0 Å². The first-order valence-corrected chi connectivity index (χ1v) is 11.4. The van der Waals surface area contributed by atoms with E-state index in [4.69, 9.17) is 0 Å². The molecule has 2 amide bonds. The summed E-state index contributed by atoms with van der Waals surface area (Å²) in [5.41, 5.74) is -0.162. The van der Waals surface area contributed by atoms with Gasteiger partial charge in [0.2, 0.25) is 5.91 Å². The normalized spacial score (nSPS) is 20.8. The van der Waals surface area contributed by atoms with Gasteiger partial charge in [-0.1, -0.05) is 12.8 Å². The minimum atomic E-state index is -4.60. The van der Waals surface area contributed by atoms with Crippen LogP contribution in [0.3, 0.4) is 0 Å². The molecule has 0 spiro atoms. The standard InChI is InChI=1S/C21H22BrF3N4O2/c22-18-15-9-13(12-5-6-12)10-16(21(23,24)25)29(15)26-19(18)20(31)27-7-8-28(17(30)11-27)14-3-1-2-4-14/h9-10,12,14H,1-8,11H2. The van der Waals surface area contributed by atoms with Crippen molar-refractivity contribution in [1.29, 1.82) is 0 Å². The minimum absolute atomic E-state index is 0.0743. The van der Waals surface area contributed by atoms with Gasteiger partial charge < -0.3 is 9.80 Å². The second-order valence-corrected chi connectivity index (χ2v) is 9.45. The maximum Gasteiger partial charge on any atom is 0.433 e. The Labute approximate surface area is 185 Å². The lowest BCUT2D eigenvalue weighted by Gasteiger charge is -2.37. The molecule has 2 aliphatic carbocycles. The second kappa shape index (κ2) is 7.50. The number of piperazine rings is 1. The van der Waals surface area contributed by atoms with Crippen LogP contribution in [0.15, 0.2) is 16.6 Å². The van der Waals surface area contributed by atoms with E-state index in [1.807, 2.05) is 4.90 Å². The fraction of sp³-hybridized carbons (Fsp3) is 0.571. The summed E-state index contributed by atoms with van der Waals surface area (Å²) in [5.74, 6) is -0.525. The number of nitrogens with zero attached hydrogens (tertiary/aromatic N) is 4. The predicted molar refractivity (Wildman–Crippen MR) is 110 cm³/mol. The van der Waals surface area contributed by atoms with E-state index in [0.717, 1.165) is 49.1 Å². The van der Waals surface area contributed by atoms with E-state index in [1.54, 1.807) is 6.07 Å². The van der Waals surface area contributed by atoms with Gasteiger partial charge in [-0.2, -0.15) is 18.3 Å². The quantitative estimate of drug-likeness (QED) is 0.636. The summed E-state index contributed by atoms with van der Waals surface area (Å²) >= 11 is 3.31. The summed E-state index contributed by atoms with van der Waals surface area (Å²) in [6, 6.07) is 3.04. The molecule has 2 aromatic heterocycles. The van der Waals surface area contributed by atoms with Crippen LogP contribution in [0.25, 0.3) is 5.52 Å². The number of carbonyl (C=O) groups excluding carboxylic acids is 2. The molecule has 0 unspecified atom stereocenters. The van der Waals surface area contributed by atoms with Crippen molar-refractivity contribution < 1.29 is 22.8 Å². The maximum atomic E-state index is 13.7. The number of halogens is 4. The van der Waals surface area contributed by atoms with E-state index in [0.29, 0.717) is 18.7 Å². The summed E-state index contributed by atoms with van der Waals surface area (Å²) in [6.45, 7) is 0.718. The van der Waals surface area contributed by atoms with E-state index < -0.39 is 17.8 Å². The van der Waals surface area contributed by atoms with Crippen LogP contribution in [-0.2, 0) is 11.0 Å². The summed E-state index contributed by atoms with van der Waals surface area (Å²) in [7, 11) is 0. The van der Waals surface area contributed by atoms with Crippen molar-refractivity contribution >= 4 is 33.3 Å². The molecule has 1 saturated heterocycles. The molecule has 2 aromatic rings. The highest BCUT2D eigenvalue weighted by Crippen LogP contribution is 2.43. The van der Waals surface area contributed by atoms with Crippen molar-refractivity contribution in [2.45, 2.75) is 56.7 Å². The third kappa shape index (κ3) is 3.72. The van der Waals surface area contributed by atoms with Gasteiger partial charge in [0.25, 0.3) is 5.91 Å². The Hall–Kier alpha value is -2.10. The van der Waals surface area contributed by atoms with Gasteiger partial charge in [-0.15, -0.1) is 0 Å². The third-order valence-electron chi connectivity index (χ3n) is 6.55. The van der Waals surface area contributed by atoms with Gasteiger partial charge >= 0.3 is 6.18 Å². The largest absolute Gasteiger partial charge is 0.433 e. The molecule has 5 rings (SSSR count). The molecule has 1 aliphatic heterocycles. The van der Waals surface area contributed by atoms with Crippen LogP contribution in [0.2, 0.25) is 0 Å². The average molecular weight is 499 g/mol. The van der Waals surface area contributed by atoms with Crippen LogP contribution in [0.5, 0.6) is 0 Å². The van der Waals surface area contributed by atoms with Crippen molar-refractivity contribution in [2.75, 3.05) is 19.6 Å². The Morgan fingerprint density at radius 1 is 1.10 bits per heavy atom. The number of alkyl halides is 3. The Bertz CT molecular complexity index is 1060. The molecule has 3 heterocycles. The fourth-order valence-corrected chi connectivity index (χ4v) is 5.27. The van der Waals surface area contributed by atoms with Gasteiger partial charge in [0.1, 0.15) is 12.2 Å². The van der Waals surface area contributed by atoms with Crippen molar-refractivity contribution in [3.63, 3.8) is 0 Å². The number of pyridine rings is 1. The van der Waals surface area contributed by atoms with Crippen molar-refractivity contribution in [2.24, 2.45) is 0 Å². The number of fused-ring (bicyclic) bond motifs is 1. The number of amides is 2. The van der Waals surface area contributed by atoms with Crippen molar-refractivity contribution in [1.82, 2.24) is 19.4 Å². The fourth-order valence-electron chi connectivity index (χ4n) is 4.74. The Morgan fingerprint density at radius 2 is 1.81 bits per heavy atom. The van der Waals surface area contributed by atoms with Gasteiger partial charge in [0.05, 0.1) is 9.99 Å². The molecule has 0 aromatic carbocycles. The van der Waals surface area contributed by atoms with E-state index >= 15 is 0 Å². The number of aromatic nitrogens is 2. The third-order valence-corrected chi connectivity index (χ3v) is 7.33. The van der Waals surface area contributed by atoms with Crippen LogP contribution < -0.4 is 0 Å². The Balaban J connectivity index is 1.45. The number of rotatable bonds is 3. The molecule has 10 heteroatoms. The monoisotopic (exact) mass is 498 g/mol. The highest BCUT2D eigenvalue weighted by Gasteiger charge is 2.39. The van der Waals surface area contributed by atoms with Gasteiger partial charge in [0, 0.05) is 19.1 Å². The minimum Gasteiger partial charge on any atom is -0.336 e. The first kappa shape index (κ1) is 20.8. The van der Waals surface area contributed by atoms with Gasteiger partial charge in [0.15, 0.2) is 5.69 Å². The van der Waals surface area contributed by atoms with Crippen LogP contribution in [-0.4, -0.2) is 56.9 Å². The summed E-state index contributed by atoms with van der Waals surface area (Å²) in [4.78, 5) is 29.0. The molecule has 2 saturated carbocycles. The van der Waals surface area contributed by atoms with Gasteiger partial charge in [-0.25, -0.2) is 4.52 Å². The van der Waals surface area contributed by atoms with E-state index in [9.17, 15) is 22.8 Å². The lowest BCUT2D eigenvalue weighted by Crippen LogP contribution is -2.55. The average Bonchev–Trinajstić information content (AvgIpc) is 3.33. The SMILES string of the molecule is O=C(c1nn2c(C(F)(F)F)cc(C3CC3)cc2c1Br)N1CCN(C2CCCC2)C(=O)C1. The topological polar surface area (TPSA) is 57.9 Å². The number of carbonyl (C=O) groups is 2. The molecule has 6 nitrogen and oxygen atoms in total. The molecule has 3 aliphatic rings. The smallest absolute Gasteiger partial charge is 0.336 e. The van der Waals surface area contributed by atoms with E-state index in [2.05, 4.69) is 21.0 Å². The van der Waals surface area contributed by atoms with Crippen molar-refractivity contribution in [3.8, 4) is 0 Å². The van der Waals surface area contributed by atoms with Gasteiger partial charge in [-0.3, -0.25) is 9.59 Å². The van der Waals surface area contributed by atoms with E-state index in [-0.39, 0.29) is 40.1 Å². The Kier molecular flexibility index (Phi) is 5.02. The predicted octanol–water partition coefficient (Wildman–Crippen LogP) is 4.22. The molecule has 31 heavy (non-hydrogen) atoms. The van der Waals surface area contributed by atoms with Crippen molar-refractivity contribution in [3.05, 3.63) is 33.6 Å². The molecule has 0 atom stereocenters.